The Bertz CT molecular complexity index is 1060. The van der Waals surface area contributed by atoms with Crippen molar-refractivity contribution in [2.45, 2.75) is 43.3 Å². The summed E-state index contributed by atoms with van der Waals surface area (Å²) in [6.45, 7) is 0.929. The predicted octanol–water partition coefficient (Wildman–Crippen LogP) is 3.68. The Kier molecular flexibility index (Phi) is 5.69. The summed E-state index contributed by atoms with van der Waals surface area (Å²) in [6.07, 6.45) is -3.28. The molecule has 0 atom stereocenters. The van der Waals surface area contributed by atoms with Crippen LogP contribution in [0, 0.1) is 0 Å². The van der Waals surface area contributed by atoms with Crippen molar-refractivity contribution < 1.29 is 31.5 Å². The number of nitrogens with one attached hydrogen (secondary N) is 1. The highest BCUT2D eigenvalue weighted by molar-refractivity contribution is 9.10. The molecule has 0 spiro atoms. The summed E-state index contributed by atoms with van der Waals surface area (Å²) in [6, 6.07) is 3.43. The van der Waals surface area contributed by atoms with Gasteiger partial charge >= 0.3 is 6.18 Å². The first-order valence-electron chi connectivity index (χ1n) is 8.63. The highest BCUT2D eigenvalue weighted by Crippen LogP contribution is 2.47. The van der Waals surface area contributed by atoms with Gasteiger partial charge in [-0.1, -0.05) is 6.92 Å². The molecule has 0 aliphatic heterocycles. The average Bonchev–Trinajstić information content (AvgIpc) is 3.39. The van der Waals surface area contributed by atoms with Crippen LogP contribution in [0.2, 0.25) is 0 Å². The van der Waals surface area contributed by atoms with E-state index in [-0.39, 0.29) is 32.5 Å². The van der Waals surface area contributed by atoms with Crippen molar-refractivity contribution >= 4 is 37.4 Å². The summed E-state index contributed by atoms with van der Waals surface area (Å²) in [5.74, 6) is -1.41. The molecule has 0 saturated heterocycles. The number of phenolic OH excluding ortho intramolecular Hbond substituents is 1. The number of carbonyl (C=O) groups excluding carboxylic acids is 1. The molecule has 1 fully saturated rings. The summed E-state index contributed by atoms with van der Waals surface area (Å²) in [4.78, 5) is 12.3. The monoisotopic (exact) mass is 495 g/mol. The Hall–Kier alpha value is -2.08. The van der Waals surface area contributed by atoms with E-state index in [0.717, 1.165) is 16.8 Å². The van der Waals surface area contributed by atoms with Crippen LogP contribution in [0.3, 0.4) is 0 Å². The maximum absolute atomic E-state index is 13.2. The minimum absolute atomic E-state index is 0.0899. The number of carbonyl (C=O) groups is 1. The van der Waals surface area contributed by atoms with E-state index >= 15 is 0 Å². The lowest BCUT2D eigenvalue weighted by atomic mass is 10.2. The van der Waals surface area contributed by atoms with Crippen molar-refractivity contribution in [1.82, 2.24) is 9.78 Å². The Morgan fingerprint density at radius 2 is 2.03 bits per heavy atom. The summed E-state index contributed by atoms with van der Waals surface area (Å²) in [7, 11) is -3.57. The summed E-state index contributed by atoms with van der Waals surface area (Å²) < 4.78 is 64.2. The Labute approximate surface area is 173 Å². The van der Waals surface area contributed by atoms with Gasteiger partial charge in [0.2, 0.25) is 5.91 Å². The molecule has 12 heteroatoms. The fourth-order valence-electron chi connectivity index (χ4n) is 2.80. The van der Waals surface area contributed by atoms with E-state index in [1.54, 1.807) is 0 Å². The molecular formula is C17H17BrF3N3O4S. The number of aromatic hydroxyl groups is 1. The number of anilines is 1. The first kappa shape index (κ1) is 21.6. The van der Waals surface area contributed by atoms with Gasteiger partial charge in [-0.15, -0.1) is 0 Å². The molecule has 1 heterocycles. The minimum atomic E-state index is -4.68. The number of rotatable bonds is 6. The second-order valence-corrected chi connectivity index (χ2v) is 9.68. The fourth-order valence-corrected chi connectivity index (χ4v) is 4.54. The number of phenols is 1. The van der Waals surface area contributed by atoms with E-state index in [2.05, 4.69) is 26.3 Å². The molecule has 0 bridgehead atoms. The quantitative estimate of drug-likeness (QED) is 0.595. The van der Waals surface area contributed by atoms with Crippen molar-refractivity contribution in [3.63, 3.8) is 0 Å². The molecule has 1 aliphatic carbocycles. The van der Waals surface area contributed by atoms with Gasteiger partial charge in [0.1, 0.15) is 12.3 Å². The van der Waals surface area contributed by atoms with E-state index < -0.39 is 34.2 Å². The third kappa shape index (κ3) is 4.58. The lowest BCUT2D eigenvalue weighted by Crippen LogP contribution is -2.21. The number of alkyl halides is 3. The van der Waals surface area contributed by atoms with Crippen molar-refractivity contribution in [3.8, 4) is 5.75 Å². The van der Waals surface area contributed by atoms with Crippen molar-refractivity contribution in [2.75, 3.05) is 11.1 Å². The van der Waals surface area contributed by atoms with Crippen LogP contribution in [-0.4, -0.2) is 35.0 Å². The largest absolute Gasteiger partial charge is 0.506 e. The fraction of sp³-hybridized carbons (Fsp3) is 0.412. The second-order valence-electron chi connectivity index (χ2n) is 6.61. The zero-order chi connectivity index (χ0) is 21.6. The van der Waals surface area contributed by atoms with E-state index in [9.17, 15) is 31.5 Å². The highest BCUT2D eigenvalue weighted by Gasteiger charge is 2.42. The van der Waals surface area contributed by atoms with Gasteiger partial charge in [0.25, 0.3) is 0 Å². The van der Waals surface area contributed by atoms with Gasteiger partial charge in [0, 0.05) is 5.92 Å². The average molecular weight is 496 g/mol. The van der Waals surface area contributed by atoms with Gasteiger partial charge in [-0.25, -0.2) is 8.42 Å². The number of nitrogens with zero attached hydrogens (tertiary/aromatic N) is 2. The molecule has 3 rings (SSSR count). The van der Waals surface area contributed by atoms with Gasteiger partial charge in [0.05, 0.1) is 26.5 Å². The molecule has 2 aromatic rings. The zero-order valence-corrected chi connectivity index (χ0v) is 17.5. The smallest absolute Gasteiger partial charge is 0.436 e. The molecule has 1 amide bonds. The van der Waals surface area contributed by atoms with E-state index in [4.69, 9.17) is 0 Å². The Morgan fingerprint density at radius 1 is 1.38 bits per heavy atom. The summed E-state index contributed by atoms with van der Waals surface area (Å²) in [5.41, 5.74) is -0.968. The highest BCUT2D eigenvalue weighted by atomic mass is 79.9. The van der Waals surface area contributed by atoms with Crippen LogP contribution in [0.15, 0.2) is 27.6 Å². The molecule has 1 aromatic carbocycles. The standard InChI is InChI=1S/C17H17BrF3N3O4S/c1-2-29(27,28)10-5-6-12(25)11(7-10)22-13(26)8-24-15(9-3-4-9)14(18)16(23-24)17(19,20)21/h5-7,9,25H,2-4,8H2,1H3,(H,22,26). The van der Waals surface area contributed by atoms with Crippen molar-refractivity contribution in [3.05, 3.63) is 34.1 Å². The van der Waals surface area contributed by atoms with Gasteiger partial charge in [0.15, 0.2) is 15.5 Å². The normalized spacial score (nSPS) is 14.8. The molecule has 0 unspecified atom stereocenters. The van der Waals surface area contributed by atoms with Gasteiger partial charge < -0.3 is 10.4 Å². The maximum Gasteiger partial charge on any atom is 0.436 e. The molecule has 1 aliphatic rings. The first-order chi connectivity index (χ1) is 13.4. The molecule has 7 nitrogen and oxygen atoms in total. The molecule has 29 heavy (non-hydrogen) atoms. The van der Waals surface area contributed by atoms with Gasteiger partial charge in [-0.05, 0) is 47.0 Å². The zero-order valence-electron chi connectivity index (χ0n) is 15.1. The summed E-state index contributed by atoms with van der Waals surface area (Å²) >= 11 is 2.94. The topological polar surface area (TPSA) is 101 Å². The van der Waals surface area contributed by atoms with E-state index in [1.807, 2.05) is 0 Å². The third-order valence-corrected chi connectivity index (χ3v) is 6.95. The lowest BCUT2D eigenvalue weighted by molar-refractivity contribution is -0.142. The van der Waals surface area contributed by atoms with Crippen molar-refractivity contribution in [1.29, 1.82) is 0 Å². The number of sulfone groups is 1. The third-order valence-electron chi connectivity index (χ3n) is 4.44. The molecule has 0 radical (unpaired) electrons. The lowest BCUT2D eigenvalue weighted by Gasteiger charge is -2.11. The number of benzene rings is 1. The molecular weight excluding hydrogens is 479 g/mol. The Balaban J connectivity index is 1.86. The van der Waals surface area contributed by atoms with Crippen molar-refractivity contribution in [2.24, 2.45) is 0 Å². The molecule has 1 saturated carbocycles. The van der Waals surface area contributed by atoms with Crippen LogP contribution in [0.5, 0.6) is 5.75 Å². The molecule has 158 valence electrons. The number of amides is 1. The predicted molar refractivity (Wildman–Crippen MR) is 101 cm³/mol. The number of aromatic nitrogens is 2. The van der Waals surface area contributed by atoms with Gasteiger partial charge in [-0.3, -0.25) is 9.48 Å². The molecule has 2 N–H and O–H groups in total. The number of halogens is 4. The van der Waals surface area contributed by atoms with Crippen LogP contribution in [0.4, 0.5) is 18.9 Å². The minimum Gasteiger partial charge on any atom is -0.506 e. The maximum atomic E-state index is 13.2. The van der Waals surface area contributed by atoms with Crippen LogP contribution in [0.25, 0.3) is 0 Å². The summed E-state index contributed by atoms with van der Waals surface area (Å²) in [5, 5.41) is 15.8. The van der Waals surface area contributed by atoms with E-state index in [0.29, 0.717) is 18.5 Å². The van der Waals surface area contributed by atoms with Crippen LogP contribution >= 0.6 is 15.9 Å². The molecule has 1 aromatic heterocycles. The van der Waals surface area contributed by atoms with Crippen LogP contribution < -0.4 is 5.32 Å². The Morgan fingerprint density at radius 3 is 2.59 bits per heavy atom. The van der Waals surface area contributed by atoms with Gasteiger partial charge in [-0.2, -0.15) is 18.3 Å². The SMILES string of the molecule is CCS(=O)(=O)c1ccc(O)c(NC(=O)Cn2nc(C(F)(F)F)c(Br)c2C2CC2)c1. The first-order valence-corrected chi connectivity index (χ1v) is 11.1. The van der Waals surface area contributed by atoms with E-state index in [1.165, 1.54) is 13.0 Å². The number of hydrogen-bond acceptors (Lipinski definition) is 5. The number of hydrogen-bond donors (Lipinski definition) is 2. The van der Waals surface area contributed by atoms with Crippen LogP contribution in [-0.2, 0) is 27.4 Å². The van der Waals surface area contributed by atoms with Crippen LogP contribution in [0.1, 0.15) is 37.1 Å². The second kappa shape index (κ2) is 7.63.